The van der Waals surface area contributed by atoms with Crippen molar-refractivity contribution in [2.45, 2.75) is 45.2 Å². The lowest BCUT2D eigenvalue weighted by Gasteiger charge is -2.15. The van der Waals surface area contributed by atoms with Crippen LogP contribution in [-0.4, -0.2) is 24.5 Å². The molecule has 0 unspecified atom stereocenters. The van der Waals surface area contributed by atoms with Crippen LogP contribution in [0.2, 0.25) is 0 Å². The molecule has 0 radical (unpaired) electrons. The van der Waals surface area contributed by atoms with Crippen LogP contribution in [0.4, 0.5) is 5.82 Å². The summed E-state index contributed by atoms with van der Waals surface area (Å²) in [4.78, 5) is 16.9. The molecule has 1 aromatic rings. The molecule has 1 saturated carbocycles. The van der Waals surface area contributed by atoms with Crippen molar-refractivity contribution < 1.29 is 0 Å². The Morgan fingerprint density at radius 1 is 1.29 bits per heavy atom. The van der Waals surface area contributed by atoms with Gasteiger partial charge in [0.05, 0.1) is 0 Å². The summed E-state index contributed by atoms with van der Waals surface area (Å²) in [6.45, 7) is 3.67. The number of anilines is 1. The maximum atomic E-state index is 5.54. The third-order valence-corrected chi connectivity index (χ3v) is 4.56. The van der Waals surface area contributed by atoms with E-state index in [0.29, 0.717) is 17.2 Å². The van der Waals surface area contributed by atoms with Crippen molar-refractivity contribution in [3.05, 3.63) is 40.7 Å². The summed E-state index contributed by atoms with van der Waals surface area (Å²) < 4.78 is 2.74. The van der Waals surface area contributed by atoms with Crippen molar-refractivity contribution in [1.82, 2.24) is 24.5 Å². The lowest BCUT2D eigenvalue weighted by atomic mass is 10.2. The van der Waals surface area contributed by atoms with E-state index in [0.717, 1.165) is 41.7 Å². The minimum Gasteiger partial charge on any atom is -0.366 e. The number of hydrogen-bond acceptors (Lipinski definition) is 5. The lowest BCUT2D eigenvalue weighted by Crippen LogP contribution is -2.12. The number of nitrogens with one attached hydrogen (secondary N) is 2. The third-order valence-electron chi connectivity index (χ3n) is 4.24. The van der Waals surface area contributed by atoms with E-state index in [9.17, 15) is 0 Å². The normalized spacial score (nSPS) is 14.2. The molecule has 0 saturated heterocycles. The van der Waals surface area contributed by atoms with E-state index in [1.807, 2.05) is 12.1 Å². The molecule has 1 aliphatic carbocycles. The molecule has 0 amide bonds. The molecule has 2 aliphatic heterocycles. The van der Waals surface area contributed by atoms with E-state index in [1.165, 1.54) is 12.8 Å². The van der Waals surface area contributed by atoms with Crippen molar-refractivity contribution in [3.63, 3.8) is 0 Å². The van der Waals surface area contributed by atoms with Gasteiger partial charge in [-0.25, -0.2) is 9.97 Å². The Morgan fingerprint density at radius 3 is 2.79 bits per heavy atom. The van der Waals surface area contributed by atoms with E-state index in [1.54, 1.807) is 12.4 Å². The summed E-state index contributed by atoms with van der Waals surface area (Å²) in [7, 11) is 0. The number of imidazole rings is 1. The first-order valence-corrected chi connectivity index (χ1v) is 8.80. The molecular formula is C17H20N6S. The Labute approximate surface area is 145 Å². The number of aromatic amines is 1. The summed E-state index contributed by atoms with van der Waals surface area (Å²) >= 11 is 5.54. The fraction of sp³-hybridized carbons (Fsp3) is 0.412. The Balaban J connectivity index is 1.72. The van der Waals surface area contributed by atoms with Gasteiger partial charge in [0.25, 0.3) is 0 Å². The molecule has 124 valence electrons. The highest BCUT2D eigenvalue weighted by atomic mass is 32.1. The summed E-state index contributed by atoms with van der Waals surface area (Å²) in [5.41, 5.74) is 2.04. The molecule has 0 spiro atoms. The van der Waals surface area contributed by atoms with Crippen LogP contribution >= 0.6 is 12.2 Å². The number of rotatable bonds is 6. The van der Waals surface area contributed by atoms with Crippen LogP contribution in [0.1, 0.15) is 43.5 Å². The average Bonchev–Trinajstić information content (AvgIpc) is 3.36. The highest BCUT2D eigenvalue weighted by molar-refractivity contribution is 7.71. The molecule has 6 nitrogen and oxygen atoms in total. The van der Waals surface area contributed by atoms with Crippen molar-refractivity contribution in [2.24, 2.45) is 0 Å². The average molecular weight is 340 g/mol. The van der Waals surface area contributed by atoms with Crippen LogP contribution in [0.25, 0.3) is 11.5 Å². The van der Waals surface area contributed by atoms with E-state index >= 15 is 0 Å². The second kappa shape index (κ2) is 6.32. The minimum absolute atomic E-state index is 0.522. The molecule has 0 aromatic carbocycles. The second-order valence-electron chi connectivity index (χ2n) is 6.19. The zero-order valence-corrected chi connectivity index (χ0v) is 14.4. The van der Waals surface area contributed by atoms with Gasteiger partial charge >= 0.3 is 0 Å². The van der Waals surface area contributed by atoms with Crippen LogP contribution in [-0.2, 0) is 13.1 Å². The number of nitrogens with zero attached hydrogens (tertiary/aromatic N) is 4. The number of pyridine rings is 1. The fourth-order valence-electron chi connectivity index (χ4n) is 2.81. The maximum absolute atomic E-state index is 5.54. The molecule has 4 rings (SSSR count). The second-order valence-corrected chi connectivity index (χ2v) is 6.58. The van der Waals surface area contributed by atoms with Crippen LogP contribution in [0, 0.1) is 4.77 Å². The highest BCUT2D eigenvalue weighted by Gasteiger charge is 2.31. The van der Waals surface area contributed by atoms with Crippen LogP contribution < -0.4 is 5.32 Å². The molecule has 3 aliphatic rings. The minimum atomic E-state index is 0.522. The molecule has 1 aromatic heterocycles. The van der Waals surface area contributed by atoms with Gasteiger partial charge in [-0.15, -0.1) is 0 Å². The van der Waals surface area contributed by atoms with Crippen molar-refractivity contribution in [1.29, 1.82) is 0 Å². The van der Waals surface area contributed by atoms with Crippen molar-refractivity contribution in [3.8, 4) is 11.5 Å². The lowest BCUT2D eigenvalue weighted by molar-refractivity contribution is 0.649. The van der Waals surface area contributed by atoms with E-state index < -0.39 is 0 Å². The van der Waals surface area contributed by atoms with Gasteiger partial charge in [0.15, 0.2) is 10.6 Å². The molecule has 1 fully saturated rings. The quantitative estimate of drug-likeness (QED) is 0.669. The molecule has 24 heavy (non-hydrogen) atoms. The molecule has 2 N–H and O–H groups in total. The number of hydrogen-bond donors (Lipinski definition) is 2. The Bertz CT molecular complexity index is 865. The molecule has 0 atom stereocenters. The SMILES string of the molecule is CCCn1c2nc(C3CC3)nc-2c(NCc2ccncc2)[nH]c1=S. The number of fused-ring (bicyclic) bond motifs is 1. The largest absolute Gasteiger partial charge is 0.366 e. The summed E-state index contributed by atoms with van der Waals surface area (Å²) in [6, 6.07) is 3.98. The van der Waals surface area contributed by atoms with Gasteiger partial charge in [0.2, 0.25) is 0 Å². The monoisotopic (exact) mass is 340 g/mol. The van der Waals surface area contributed by atoms with E-state index in [4.69, 9.17) is 22.2 Å². The molecule has 0 bridgehead atoms. The van der Waals surface area contributed by atoms with Crippen LogP contribution in [0.5, 0.6) is 0 Å². The van der Waals surface area contributed by atoms with Crippen molar-refractivity contribution >= 4 is 18.0 Å². The van der Waals surface area contributed by atoms with Gasteiger partial charge < -0.3 is 14.9 Å². The zero-order valence-electron chi connectivity index (χ0n) is 13.6. The van der Waals surface area contributed by atoms with Gasteiger partial charge in [-0.05, 0) is 49.2 Å². The number of H-pyrrole nitrogens is 1. The van der Waals surface area contributed by atoms with Crippen molar-refractivity contribution in [2.75, 3.05) is 5.32 Å². The smallest absolute Gasteiger partial charge is 0.180 e. The topological polar surface area (TPSA) is 71.4 Å². The molecular weight excluding hydrogens is 320 g/mol. The summed E-state index contributed by atoms with van der Waals surface area (Å²) in [6.07, 6.45) is 6.97. The first-order chi connectivity index (χ1) is 11.8. The molecule has 3 heterocycles. The Hall–Kier alpha value is -2.28. The van der Waals surface area contributed by atoms with E-state index in [2.05, 4.69) is 26.8 Å². The molecule has 7 heteroatoms. The predicted octanol–water partition coefficient (Wildman–Crippen LogP) is 3.73. The zero-order chi connectivity index (χ0) is 16.5. The maximum Gasteiger partial charge on any atom is 0.180 e. The van der Waals surface area contributed by atoms with Gasteiger partial charge in [0.1, 0.15) is 17.3 Å². The first kappa shape index (κ1) is 15.3. The van der Waals surface area contributed by atoms with E-state index in [-0.39, 0.29) is 0 Å². The summed E-state index contributed by atoms with van der Waals surface area (Å²) in [5, 5.41) is 3.42. The Morgan fingerprint density at radius 2 is 2.08 bits per heavy atom. The third kappa shape index (κ3) is 2.91. The number of aromatic nitrogens is 5. The van der Waals surface area contributed by atoms with Gasteiger partial charge in [-0.3, -0.25) is 4.98 Å². The fourth-order valence-corrected chi connectivity index (χ4v) is 3.09. The van der Waals surface area contributed by atoms with Crippen LogP contribution in [0.15, 0.2) is 24.5 Å². The summed E-state index contributed by atoms with van der Waals surface area (Å²) in [5.74, 6) is 3.21. The van der Waals surface area contributed by atoms with Gasteiger partial charge in [-0.2, -0.15) is 0 Å². The van der Waals surface area contributed by atoms with Gasteiger partial charge in [-0.1, -0.05) is 6.92 Å². The standard InChI is InChI=1S/C17H20N6S/c1-2-9-23-16-13(20-14(21-16)12-3-4-12)15(22-17(23)24)19-10-11-5-7-18-8-6-11/h5-8,12,19H,2-4,9-10H2,1H3,(H,22,24). The highest BCUT2D eigenvalue weighted by Crippen LogP contribution is 2.41. The van der Waals surface area contributed by atoms with Crippen LogP contribution in [0.3, 0.4) is 0 Å². The first-order valence-electron chi connectivity index (χ1n) is 8.39. The van der Waals surface area contributed by atoms with Gasteiger partial charge in [0, 0.05) is 31.4 Å². The predicted molar refractivity (Wildman–Crippen MR) is 95.7 cm³/mol. The Kier molecular flexibility index (Phi) is 4.02.